The molecule has 0 aromatic carbocycles. The van der Waals surface area contributed by atoms with Gasteiger partial charge in [0, 0.05) is 18.2 Å². The van der Waals surface area contributed by atoms with Gasteiger partial charge in [0.2, 0.25) is 0 Å². The Labute approximate surface area is 130 Å². The van der Waals surface area contributed by atoms with Crippen LogP contribution in [0.3, 0.4) is 0 Å². The van der Waals surface area contributed by atoms with E-state index >= 15 is 0 Å². The van der Waals surface area contributed by atoms with Gasteiger partial charge in [0.25, 0.3) is 0 Å². The Bertz CT molecular complexity index is 599. The third-order valence-electron chi connectivity index (χ3n) is 5.02. The van der Waals surface area contributed by atoms with Crippen LogP contribution in [0.25, 0.3) is 0 Å². The average Bonchev–Trinajstić information content (AvgIpc) is 3.03. The number of likely N-dealkylation sites (tertiary alicyclic amines) is 1. The van der Waals surface area contributed by atoms with Gasteiger partial charge in [0.1, 0.15) is 6.10 Å². The van der Waals surface area contributed by atoms with E-state index in [0.29, 0.717) is 30.6 Å². The second-order valence-corrected chi connectivity index (χ2v) is 7.51. The summed E-state index contributed by atoms with van der Waals surface area (Å²) >= 11 is 0. The summed E-state index contributed by atoms with van der Waals surface area (Å²) in [5.74, 6) is 1.34. The number of carbonyl (C=O) groups is 1. The number of amides is 1. The van der Waals surface area contributed by atoms with E-state index < -0.39 is 6.09 Å². The minimum absolute atomic E-state index is 0.0983. The number of rotatable bonds is 2. The lowest BCUT2D eigenvalue weighted by Crippen LogP contribution is -2.31. The molecule has 1 saturated heterocycles. The first-order chi connectivity index (χ1) is 10.2. The molecule has 0 bridgehead atoms. The maximum Gasteiger partial charge on any atom is 0.407 e. The second kappa shape index (κ2) is 4.76. The highest BCUT2D eigenvalue weighted by Crippen LogP contribution is 2.65. The van der Waals surface area contributed by atoms with Crippen LogP contribution in [-0.2, 0) is 0 Å². The fourth-order valence-electron chi connectivity index (χ4n) is 3.88. The summed E-state index contributed by atoms with van der Waals surface area (Å²) in [6, 6.07) is 3.56. The average molecular weight is 305 g/mol. The van der Waals surface area contributed by atoms with Crippen LogP contribution in [-0.4, -0.2) is 40.3 Å². The fraction of sp³-hybridized carbons (Fsp3) is 0.625. The summed E-state index contributed by atoms with van der Waals surface area (Å²) in [6.45, 7) is 7.52. The highest BCUT2D eigenvalue weighted by Gasteiger charge is 2.68. The zero-order chi connectivity index (χ0) is 16.1. The highest BCUT2D eigenvalue weighted by molar-refractivity contribution is 5.66. The van der Waals surface area contributed by atoms with Crippen LogP contribution in [0.15, 0.2) is 18.3 Å². The predicted octanol–water partition coefficient (Wildman–Crippen LogP) is 2.46. The van der Waals surface area contributed by atoms with Gasteiger partial charge in [-0.15, -0.1) is 0 Å². The molecule has 3 unspecified atom stereocenters. The molecular weight excluding hydrogens is 282 g/mol. The molecular formula is C16H23N3O3. The first-order valence-electron chi connectivity index (χ1n) is 7.59. The van der Waals surface area contributed by atoms with Gasteiger partial charge in [0.05, 0.1) is 6.54 Å². The van der Waals surface area contributed by atoms with Crippen LogP contribution < -0.4 is 10.5 Å². The summed E-state index contributed by atoms with van der Waals surface area (Å²) in [4.78, 5) is 16.9. The third kappa shape index (κ3) is 2.36. The maximum absolute atomic E-state index is 11.4. The quantitative estimate of drug-likeness (QED) is 0.876. The Kier molecular flexibility index (Phi) is 3.23. The molecule has 2 aliphatic rings. The minimum atomic E-state index is -0.885. The maximum atomic E-state index is 11.4. The van der Waals surface area contributed by atoms with Gasteiger partial charge in [-0.3, -0.25) is 0 Å². The molecule has 3 atom stereocenters. The monoisotopic (exact) mass is 305 g/mol. The van der Waals surface area contributed by atoms with Crippen molar-refractivity contribution in [3.8, 4) is 5.75 Å². The summed E-state index contributed by atoms with van der Waals surface area (Å²) in [5, 5.41) is 9.33. The number of pyridine rings is 1. The first kappa shape index (κ1) is 14.9. The van der Waals surface area contributed by atoms with Gasteiger partial charge < -0.3 is 20.5 Å². The Morgan fingerprint density at radius 2 is 2.27 bits per heavy atom. The molecule has 3 N–H and O–H groups in total. The van der Waals surface area contributed by atoms with Crippen molar-refractivity contribution in [2.24, 2.45) is 16.7 Å². The summed E-state index contributed by atoms with van der Waals surface area (Å²) in [5.41, 5.74) is 5.89. The number of carboxylic acid groups (broad SMARTS) is 1. The van der Waals surface area contributed by atoms with E-state index in [0.717, 1.165) is 6.42 Å². The molecule has 1 spiro atoms. The highest BCUT2D eigenvalue weighted by atomic mass is 16.5. The first-order valence-corrected chi connectivity index (χ1v) is 7.59. The van der Waals surface area contributed by atoms with E-state index in [1.165, 1.54) is 4.90 Å². The van der Waals surface area contributed by atoms with Crippen LogP contribution >= 0.6 is 0 Å². The van der Waals surface area contributed by atoms with Crippen molar-refractivity contribution in [1.82, 2.24) is 9.88 Å². The largest absolute Gasteiger partial charge is 0.484 e. The number of hydrogen-bond acceptors (Lipinski definition) is 4. The lowest BCUT2D eigenvalue weighted by molar-refractivity contribution is 0.129. The van der Waals surface area contributed by atoms with Crippen LogP contribution in [0.2, 0.25) is 0 Å². The van der Waals surface area contributed by atoms with Crippen LogP contribution in [0.4, 0.5) is 10.6 Å². The number of ether oxygens (including phenoxy) is 1. The number of nitrogen functional groups attached to an aromatic ring is 1. The number of hydrogen-bond donors (Lipinski definition) is 2. The van der Waals surface area contributed by atoms with E-state index in [-0.39, 0.29) is 16.9 Å². The molecule has 1 aromatic heterocycles. The molecule has 6 heteroatoms. The fourth-order valence-corrected chi connectivity index (χ4v) is 3.88. The Hall–Kier alpha value is -1.98. The summed E-state index contributed by atoms with van der Waals surface area (Å²) < 4.78 is 6.10. The second-order valence-electron chi connectivity index (χ2n) is 7.51. The molecule has 6 nitrogen and oxygen atoms in total. The third-order valence-corrected chi connectivity index (χ3v) is 5.02. The summed E-state index contributed by atoms with van der Waals surface area (Å²) in [7, 11) is 0. The Balaban J connectivity index is 1.85. The molecule has 1 aliphatic heterocycles. The molecule has 120 valence electrons. The van der Waals surface area contributed by atoms with Gasteiger partial charge in [0.15, 0.2) is 11.6 Å². The predicted molar refractivity (Wildman–Crippen MR) is 82.7 cm³/mol. The molecule has 1 aromatic rings. The molecule has 0 radical (unpaired) electrons. The standard InChI is InChI=1S/C16H23N3O3/c1-15(2,3)11-7-16(11)9-19(14(20)21)8-12(16)22-10-5-4-6-18-13(10)17/h4-6,11-12H,7-9H2,1-3H3,(H2,17,18)(H,20,21). The van der Waals surface area contributed by atoms with Crippen molar-refractivity contribution >= 4 is 11.9 Å². The molecule has 2 fully saturated rings. The van der Waals surface area contributed by atoms with E-state index in [1.807, 2.05) is 0 Å². The van der Waals surface area contributed by atoms with Crippen LogP contribution in [0.5, 0.6) is 5.75 Å². The van der Waals surface area contributed by atoms with E-state index in [9.17, 15) is 9.90 Å². The molecule has 3 rings (SSSR count). The molecule has 22 heavy (non-hydrogen) atoms. The SMILES string of the molecule is CC(C)(C)C1CC12CN(C(=O)O)CC2Oc1cccnc1N. The number of nitrogens with two attached hydrogens (primary N) is 1. The van der Waals surface area contributed by atoms with Crippen LogP contribution in [0, 0.1) is 16.7 Å². The van der Waals surface area contributed by atoms with Gasteiger partial charge in [-0.2, -0.15) is 0 Å². The topological polar surface area (TPSA) is 88.7 Å². The van der Waals surface area contributed by atoms with Crippen molar-refractivity contribution in [2.75, 3.05) is 18.8 Å². The van der Waals surface area contributed by atoms with Gasteiger partial charge in [-0.25, -0.2) is 9.78 Å². The van der Waals surface area contributed by atoms with Crippen molar-refractivity contribution in [3.63, 3.8) is 0 Å². The van der Waals surface area contributed by atoms with Crippen molar-refractivity contribution in [3.05, 3.63) is 18.3 Å². The van der Waals surface area contributed by atoms with Crippen molar-refractivity contribution in [1.29, 1.82) is 0 Å². The molecule has 1 amide bonds. The van der Waals surface area contributed by atoms with Crippen LogP contribution in [0.1, 0.15) is 27.2 Å². The van der Waals surface area contributed by atoms with E-state index in [4.69, 9.17) is 10.5 Å². The minimum Gasteiger partial charge on any atom is -0.484 e. The molecule has 1 aliphatic carbocycles. The summed E-state index contributed by atoms with van der Waals surface area (Å²) in [6.07, 6.45) is 1.56. The Morgan fingerprint density at radius 1 is 1.55 bits per heavy atom. The van der Waals surface area contributed by atoms with Gasteiger partial charge in [-0.1, -0.05) is 20.8 Å². The van der Waals surface area contributed by atoms with Gasteiger partial charge in [-0.05, 0) is 29.9 Å². The number of nitrogens with zero attached hydrogens (tertiary/aromatic N) is 2. The zero-order valence-corrected chi connectivity index (χ0v) is 13.2. The molecule has 1 saturated carbocycles. The zero-order valence-electron chi connectivity index (χ0n) is 13.2. The lowest BCUT2D eigenvalue weighted by atomic mass is 9.83. The number of aromatic nitrogens is 1. The van der Waals surface area contributed by atoms with E-state index in [1.54, 1.807) is 18.3 Å². The normalized spacial score (nSPS) is 30.6. The number of anilines is 1. The van der Waals surface area contributed by atoms with Crippen molar-refractivity contribution in [2.45, 2.75) is 33.3 Å². The van der Waals surface area contributed by atoms with Gasteiger partial charge >= 0.3 is 6.09 Å². The Morgan fingerprint density at radius 3 is 2.82 bits per heavy atom. The lowest BCUT2D eigenvalue weighted by Gasteiger charge is -2.26. The van der Waals surface area contributed by atoms with E-state index in [2.05, 4.69) is 25.8 Å². The van der Waals surface area contributed by atoms with Crippen molar-refractivity contribution < 1.29 is 14.6 Å². The smallest absolute Gasteiger partial charge is 0.407 e. The molecule has 2 heterocycles.